The van der Waals surface area contributed by atoms with E-state index in [1.807, 2.05) is 0 Å². The normalized spacial score (nSPS) is 31.3. The van der Waals surface area contributed by atoms with Crippen molar-refractivity contribution in [1.29, 1.82) is 0 Å². The van der Waals surface area contributed by atoms with E-state index in [-0.39, 0.29) is 17.5 Å². The summed E-state index contributed by atoms with van der Waals surface area (Å²) in [5, 5.41) is 0. The van der Waals surface area contributed by atoms with E-state index in [9.17, 15) is 9.59 Å². The molecule has 0 aromatic carbocycles. The van der Waals surface area contributed by atoms with Crippen LogP contribution < -0.4 is 0 Å². The highest BCUT2D eigenvalue weighted by Gasteiger charge is 2.34. The first-order valence-corrected chi connectivity index (χ1v) is 5.13. The lowest BCUT2D eigenvalue weighted by atomic mass is 9.80. The van der Waals surface area contributed by atoms with Crippen LogP contribution in [0.3, 0.4) is 0 Å². The Kier molecular flexibility index (Phi) is 3.04. The molecular weight excluding hydrogens is 220 g/mol. The largest absolute Gasteiger partial charge is 0.298 e. The number of rotatable bonds is 1. The second-order valence-electron chi connectivity index (χ2n) is 3.71. The fourth-order valence-corrected chi connectivity index (χ4v) is 1.82. The number of carbonyl (C=O) groups excluding carboxylic acids is 2. The Morgan fingerprint density at radius 1 is 1.25 bits per heavy atom. The van der Waals surface area contributed by atoms with Gasteiger partial charge in [-0.25, -0.2) is 0 Å². The molecule has 1 aliphatic carbocycles. The van der Waals surface area contributed by atoms with E-state index in [4.69, 9.17) is 0 Å². The predicted octanol–water partition coefficient (Wildman–Crippen LogP) is 1.95. The summed E-state index contributed by atoms with van der Waals surface area (Å²) >= 11 is 3.10. The van der Waals surface area contributed by atoms with Gasteiger partial charge >= 0.3 is 0 Å². The molecule has 0 unspecified atom stereocenters. The Morgan fingerprint density at radius 3 is 2.00 bits per heavy atom. The van der Waals surface area contributed by atoms with Crippen LogP contribution in [0.1, 0.15) is 26.7 Å². The third-order valence-corrected chi connectivity index (χ3v) is 3.46. The number of carbonyl (C=O) groups is 2. The molecule has 1 fully saturated rings. The van der Waals surface area contributed by atoms with Gasteiger partial charge in [-0.15, -0.1) is 0 Å². The van der Waals surface area contributed by atoms with Crippen LogP contribution in [0.2, 0.25) is 0 Å². The maximum absolute atomic E-state index is 11.3. The number of ketones is 2. The summed E-state index contributed by atoms with van der Waals surface area (Å²) in [5.74, 6) is 0.784. The Balaban J connectivity index is 2.66. The van der Waals surface area contributed by atoms with E-state index < -0.39 is 4.83 Å². The van der Waals surface area contributed by atoms with Crippen molar-refractivity contribution in [2.24, 2.45) is 11.8 Å². The lowest BCUT2D eigenvalue weighted by molar-refractivity contribution is -0.130. The van der Waals surface area contributed by atoms with Gasteiger partial charge in [-0.3, -0.25) is 9.59 Å². The average Bonchev–Trinajstić information content (AvgIpc) is 1.99. The van der Waals surface area contributed by atoms with E-state index in [1.165, 1.54) is 0 Å². The van der Waals surface area contributed by atoms with Crippen LogP contribution in [0.4, 0.5) is 0 Å². The fourth-order valence-electron chi connectivity index (χ4n) is 1.45. The Bertz CT molecular complexity index is 193. The second kappa shape index (κ2) is 3.69. The zero-order valence-electron chi connectivity index (χ0n) is 7.34. The molecule has 1 aliphatic rings. The smallest absolute Gasteiger partial charge is 0.154 e. The molecule has 0 spiro atoms. The highest BCUT2D eigenvalue weighted by atomic mass is 79.9. The molecule has 0 atom stereocenters. The number of alkyl halides is 1. The molecule has 0 aromatic heterocycles. The Hall–Kier alpha value is -0.180. The summed E-state index contributed by atoms with van der Waals surface area (Å²) in [4.78, 5) is 22.0. The monoisotopic (exact) mass is 232 g/mol. The maximum Gasteiger partial charge on any atom is 0.154 e. The van der Waals surface area contributed by atoms with Crippen LogP contribution in [0.15, 0.2) is 0 Å². The van der Waals surface area contributed by atoms with E-state index in [0.29, 0.717) is 18.8 Å². The van der Waals surface area contributed by atoms with Crippen LogP contribution in [-0.2, 0) is 9.59 Å². The molecule has 0 N–H and O–H groups in total. The van der Waals surface area contributed by atoms with Crippen LogP contribution in [0, 0.1) is 11.8 Å². The summed E-state index contributed by atoms with van der Waals surface area (Å²) in [6, 6.07) is 0. The van der Waals surface area contributed by atoms with Crippen molar-refractivity contribution in [2.75, 3.05) is 0 Å². The van der Waals surface area contributed by atoms with Crippen molar-refractivity contribution in [3.8, 4) is 0 Å². The molecule has 0 heterocycles. The van der Waals surface area contributed by atoms with Gasteiger partial charge in [0.25, 0.3) is 0 Å². The molecule has 1 saturated carbocycles. The van der Waals surface area contributed by atoms with Gasteiger partial charge in [0, 0.05) is 12.8 Å². The summed E-state index contributed by atoms with van der Waals surface area (Å²) < 4.78 is 0. The molecule has 2 nitrogen and oxygen atoms in total. The summed E-state index contributed by atoms with van der Waals surface area (Å²) in [6.07, 6.45) is 1.11. The third kappa shape index (κ3) is 1.94. The quantitative estimate of drug-likeness (QED) is 0.512. The minimum absolute atomic E-state index is 0.0463. The number of hydrogen-bond donors (Lipinski definition) is 0. The first-order chi connectivity index (χ1) is 5.52. The fraction of sp³-hybridized carbons (Fsp3) is 0.778. The molecule has 12 heavy (non-hydrogen) atoms. The molecule has 0 saturated heterocycles. The number of halogens is 1. The van der Waals surface area contributed by atoms with Crippen molar-refractivity contribution in [3.63, 3.8) is 0 Å². The predicted molar refractivity (Wildman–Crippen MR) is 50.3 cm³/mol. The first kappa shape index (κ1) is 9.90. The second-order valence-corrected chi connectivity index (χ2v) is 4.62. The van der Waals surface area contributed by atoms with Gasteiger partial charge in [0.05, 0.1) is 0 Å². The van der Waals surface area contributed by atoms with Crippen LogP contribution >= 0.6 is 15.9 Å². The Morgan fingerprint density at radius 2 is 1.67 bits per heavy atom. The minimum atomic E-state index is -0.521. The van der Waals surface area contributed by atoms with Crippen LogP contribution in [0.5, 0.6) is 0 Å². The van der Waals surface area contributed by atoms with Gasteiger partial charge in [-0.05, 0) is 11.8 Å². The highest BCUT2D eigenvalue weighted by Crippen LogP contribution is 2.28. The molecule has 3 heteroatoms. The van der Waals surface area contributed by atoms with Gasteiger partial charge in [-0.2, -0.15) is 0 Å². The molecular formula is C9H13BrO2. The first-order valence-electron chi connectivity index (χ1n) is 4.22. The standard InChI is InChI=1S/C9H13BrO2/c1-5(2)6-3-7(11)9(10)8(12)4-6/h5-6,9H,3-4H2,1-2H3. The van der Waals surface area contributed by atoms with Gasteiger partial charge in [0.2, 0.25) is 0 Å². The van der Waals surface area contributed by atoms with Crippen molar-refractivity contribution in [1.82, 2.24) is 0 Å². The van der Waals surface area contributed by atoms with Crippen molar-refractivity contribution in [2.45, 2.75) is 31.5 Å². The van der Waals surface area contributed by atoms with Gasteiger partial charge < -0.3 is 0 Å². The molecule has 0 aliphatic heterocycles. The lowest BCUT2D eigenvalue weighted by Crippen LogP contribution is -2.35. The van der Waals surface area contributed by atoms with E-state index >= 15 is 0 Å². The van der Waals surface area contributed by atoms with Crippen molar-refractivity contribution >= 4 is 27.5 Å². The molecule has 0 amide bonds. The molecule has 0 radical (unpaired) electrons. The van der Waals surface area contributed by atoms with Gasteiger partial charge in [-0.1, -0.05) is 29.8 Å². The van der Waals surface area contributed by atoms with E-state index in [2.05, 4.69) is 29.8 Å². The number of Topliss-reactive ketones (excluding diaryl/α,β-unsaturated/α-hetero) is 2. The molecule has 68 valence electrons. The zero-order valence-corrected chi connectivity index (χ0v) is 8.93. The SMILES string of the molecule is CC(C)C1CC(=O)C(Br)C(=O)C1. The summed E-state index contributed by atoms with van der Waals surface area (Å²) in [7, 11) is 0. The van der Waals surface area contributed by atoms with Crippen molar-refractivity contribution in [3.05, 3.63) is 0 Å². The zero-order chi connectivity index (χ0) is 9.30. The van der Waals surface area contributed by atoms with Gasteiger partial charge in [0.1, 0.15) is 4.83 Å². The molecule has 0 aromatic rings. The van der Waals surface area contributed by atoms with Crippen LogP contribution in [0.25, 0.3) is 0 Å². The number of hydrogen-bond acceptors (Lipinski definition) is 2. The van der Waals surface area contributed by atoms with E-state index in [1.54, 1.807) is 0 Å². The minimum Gasteiger partial charge on any atom is -0.298 e. The molecule has 0 bridgehead atoms. The van der Waals surface area contributed by atoms with Crippen LogP contribution in [-0.4, -0.2) is 16.4 Å². The summed E-state index contributed by atoms with van der Waals surface area (Å²) in [5.41, 5.74) is 0. The highest BCUT2D eigenvalue weighted by molar-refractivity contribution is 9.10. The molecule has 1 rings (SSSR count). The van der Waals surface area contributed by atoms with Gasteiger partial charge in [0.15, 0.2) is 11.6 Å². The third-order valence-electron chi connectivity index (χ3n) is 2.43. The maximum atomic E-state index is 11.3. The topological polar surface area (TPSA) is 34.1 Å². The Labute approximate surface area is 80.8 Å². The van der Waals surface area contributed by atoms with E-state index in [0.717, 1.165) is 0 Å². The lowest BCUT2D eigenvalue weighted by Gasteiger charge is -2.25. The van der Waals surface area contributed by atoms with Crippen molar-refractivity contribution < 1.29 is 9.59 Å². The summed E-state index contributed by atoms with van der Waals surface area (Å²) in [6.45, 7) is 4.11. The average molecular weight is 233 g/mol.